The molecule has 1 aliphatic rings. The zero-order chi connectivity index (χ0) is 14.5. The molecule has 108 valence electrons. The molecule has 1 N–H and O–H groups in total. The average Bonchev–Trinajstić information content (AvgIpc) is 2.47. The van der Waals surface area contributed by atoms with Crippen LogP contribution in [-0.4, -0.2) is 27.5 Å². The van der Waals surface area contributed by atoms with E-state index in [1.54, 1.807) is 12.1 Å². The third-order valence-corrected chi connectivity index (χ3v) is 4.03. The highest BCUT2D eigenvalue weighted by atomic mass is 32.1. The van der Waals surface area contributed by atoms with Crippen LogP contribution in [0.5, 0.6) is 0 Å². The summed E-state index contributed by atoms with van der Waals surface area (Å²) in [6, 6.07) is 6.85. The lowest BCUT2D eigenvalue weighted by molar-refractivity contribution is -0.384. The summed E-state index contributed by atoms with van der Waals surface area (Å²) >= 11 is 5.46. The Balaban J connectivity index is 2.01. The molecule has 1 fully saturated rings. The molecule has 0 spiro atoms. The number of nitro groups is 1. The van der Waals surface area contributed by atoms with Gasteiger partial charge in [-0.15, -0.1) is 0 Å². The fourth-order valence-electron chi connectivity index (χ4n) is 2.55. The van der Waals surface area contributed by atoms with Crippen molar-refractivity contribution in [1.29, 1.82) is 0 Å². The molecule has 0 aliphatic carbocycles. The minimum atomic E-state index is -0.403. The van der Waals surface area contributed by atoms with Gasteiger partial charge in [0.2, 0.25) is 0 Å². The highest BCUT2D eigenvalue weighted by molar-refractivity contribution is 7.80. The first-order valence-electron chi connectivity index (χ1n) is 6.94. The summed E-state index contributed by atoms with van der Waals surface area (Å²) in [5.41, 5.74) is 0.881. The number of thiocarbonyl (C=S) groups is 1. The zero-order valence-electron chi connectivity index (χ0n) is 11.5. The number of non-ortho nitro benzene ring substituents is 1. The van der Waals surface area contributed by atoms with E-state index in [-0.39, 0.29) is 5.69 Å². The first-order valence-corrected chi connectivity index (χ1v) is 7.34. The van der Waals surface area contributed by atoms with Crippen molar-refractivity contribution in [1.82, 2.24) is 4.90 Å². The summed E-state index contributed by atoms with van der Waals surface area (Å²) < 4.78 is 0. The third-order valence-electron chi connectivity index (χ3n) is 3.69. The molecule has 5 nitrogen and oxygen atoms in total. The lowest BCUT2D eigenvalue weighted by Gasteiger charge is -2.37. The molecule has 0 saturated carbocycles. The van der Waals surface area contributed by atoms with Crippen molar-refractivity contribution in [3.63, 3.8) is 0 Å². The molecular formula is C14H19N3O2S. The molecule has 1 aliphatic heterocycles. The van der Waals surface area contributed by atoms with Gasteiger partial charge in [0.25, 0.3) is 5.69 Å². The van der Waals surface area contributed by atoms with E-state index in [2.05, 4.69) is 17.1 Å². The molecule has 1 heterocycles. The van der Waals surface area contributed by atoms with Gasteiger partial charge in [0.1, 0.15) is 0 Å². The molecule has 0 radical (unpaired) electrons. The summed E-state index contributed by atoms with van der Waals surface area (Å²) in [4.78, 5) is 12.4. The largest absolute Gasteiger partial charge is 0.346 e. The second kappa shape index (κ2) is 6.65. The van der Waals surface area contributed by atoms with Crippen molar-refractivity contribution >= 4 is 28.7 Å². The Hall–Kier alpha value is -1.69. The number of nitro benzene ring substituents is 1. The summed E-state index contributed by atoms with van der Waals surface area (Å²) in [7, 11) is 0. The van der Waals surface area contributed by atoms with Crippen molar-refractivity contribution in [3.05, 3.63) is 34.4 Å². The van der Waals surface area contributed by atoms with Crippen molar-refractivity contribution in [3.8, 4) is 0 Å². The molecule has 1 aromatic rings. The van der Waals surface area contributed by atoms with Crippen LogP contribution in [0.15, 0.2) is 24.3 Å². The number of anilines is 1. The molecule has 20 heavy (non-hydrogen) atoms. The molecular weight excluding hydrogens is 274 g/mol. The lowest BCUT2D eigenvalue weighted by Crippen LogP contribution is -2.45. The van der Waals surface area contributed by atoms with E-state index in [0.717, 1.165) is 18.7 Å². The molecule has 0 aromatic heterocycles. The van der Waals surface area contributed by atoms with Gasteiger partial charge >= 0.3 is 0 Å². The van der Waals surface area contributed by atoms with Crippen LogP contribution in [-0.2, 0) is 0 Å². The molecule has 1 unspecified atom stereocenters. The van der Waals surface area contributed by atoms with E-state index >= 15 is 0 Å². The quantitative estimate of drug-likeness (QED) is 0.524. The van der Waals surface area contributed by atoms with Crippen LogP contribution in [0, 0.1) is 10.1 Å². The topological polar surface area (TPSA) is 58.4 Å². The molecule has 0 bridgehead atoms. The maximum Gasteiger partial charge on any atom is 0.269 e. The van der Waals surface area contributed by atoms with Crippen LogP contribution in [0.25, 0.3) is 0 Å². The van der Waals surface area contributed by atoms with Crippen molar-refractivity contribution in [2.45, 2.75) is 38.6 Å². The van der Waals surface area contributed by atoms with Crippen molar-refractivity contribution in [2.24, 2.45) is 0 Å². The van der Waals surface area contributed by atoms with Crippen LogP contribution in [0.1, 0.15) is 32.6 Å². The van der Waals surface area contributed by atoms with Crippen molar-refractivity contribution < 1.29 is 4.92 Å². The van der Waals surface area contributed by atoms with E-state index < -0.39 is 4.92 Å². The van der Waals surface area contributed by atoms with Crippen LogP contribution in [0.4, 0.5) is 11.4 Å². The number of nitrogens with one attached hydrogen (secondary N) is 1. The Bertz CT molecular complexity index is 490. The Morgan fingerprint density at radius 2 is 2.15 bits per heavy atom. The fourth-order valence-corrected chi connectivity index (χ4v) is 2.91. The first kappa shape index (κ1) is 14.7. The van der Waals surface area contributed by atoms with Gasteiger partial charge < -0.3 is 10.2 Å². The summed E-state index contributed by atoms with van der Waals surface area (Å²) in [5, 5.41) is 14.5. The Morgan fingerprint density at radius 3 is 2.75 bits per heavy atom. The second-order valence-electron chi connectivity index (χ2n) is 4.99. The minimum Gasteiger partial charge on any atom is -0.346 e. The smallest absolute Gasteiger partial charge is 0.269 e. The van der Waals surface area contributed by atoms with Gasteiger partial charge in [-0.25, -0.2) is 0 Å². The number of likely N-dealkylation sites (tertiary alicyclic amines) is 1. The molecule has 1 aromatic carbocycles. The standard InChI is InChI=1S/C14H19N3O2S/c1-2-12-5-3-4-10-16(12)14(20)15-11-6-8-13(9-7-11)17(18)19/h6-9,12H,2-5,10H2,1H3,(H,15,20). The van der Waals surface area contributed by atoms with Gasteiger partial charge in [0.15, 0.2) is 5.11 Å². The molecule has 2 rings (SSSR count). The van der Waals surface area contributed by atoms with E-state index in [0.29, 0.717) is 11.2 Å². The number of nitrogens with zero attached hydrogens (tertiary/aromatic N) is 2. The predicted octanol–water partition coefficient (Wildman–Crippen LogP) is 3.56. The Labute approximate surface area is 124 Å². The van der Waals surface area contributed by atoms with Crippen LogP contribution in [0.2, 0.25) is 0 Å². The number of hydrogen-bond donors (Lipinski definition) is 1. The van der Waals surface area contributed by atoms with Gasteiger partial charge in [0.05, 0.1) is 4.92 Å². The number of hydrogen-bond acceptors (Lipinski definition) is 3. The average molecular weight is 293 g/mol. The minimum absolute atomic E-state index is 0.0888. The number of piperidine rings is 1. The molecule has 1 atom stereocenters. The summed E-state index contributed by atoms with van der Waals surface area (Å²) in [6.07, 6.45) is 4.69. The Morgan fingerprint density at radius 1 is 1.45 bits per heavy atom. The van der Waals surface area contributed by atoms with E-state index in [1.165, 1.54) is 31.4 Å². The van der Waals surface area contributed by atoms with Gasteiger partial charge in [-0.2, -0.15) is 0 Å². The normalized spacial score (nSPS) is 18.6. The Kier molecular flexibility index (Phi) is 4.89. The SMILES string of the molecule is CCC1CCCCN1C(=S)Nc1ccc([N+](=O)[O-])cc1. The second-order valence-corrected chi connectivity index (χ2v) is 5.37. The van der Waals surface area contributed by atoms with Crippen LogP contribution >= 0.6 is 12.2 Å². The maximum absolute atomic E-state index is 10.6. The maximum atomic E-state index is 10.6. The lowest BCUT2D eigenvalue weighted by atomic mass is 10.0. The van der Waals surface area contributed by atoms with Gasteiger partial charge in [-0.1, -0.05) is 6.92 Å². The predicted molar refractivity (Wildman–Crippen MR) is 84.0 cm³/mol. The summed E-state index contributed by atoms with van der Waals surface area (Å²) in [6.45, 7) is 3.16. The third kappa shape index (κ3) is 3.45. The first-order chi connectivity index (χ1) is 9.61. The molecule has 1 saturated heterocycles. The number of rotatable bonds is 3. The van der Waals surface area contributed by atoms with Gasteiger partial charge in [-0.05, 0) is 50.0 Å². The monoisotopic (exact) mass is 293 g/mol. The van der Waals surface area contributed by atoms with Gasteiger partial charge in [-0.3, -0.25) is 10.1 Å². The fraction of sp³-hybridized carbons (Fsp3) is 0.500. The number of benzene rings is 1. The van der Waals surface area contributed by atoms with Crippen LogP contribution in [0.3, 0.4) is 0 Å². The molecule has 6 heteroatoms. The summed E-state index contributed by atoms with van der Waals surface area (Å²) in [5.74, 6) is 0. The van der Waals surface area contributed by atoms with E-state index in [9.17, 15) is 10.1 Å². The van der Waals surface area contributed by atoms with E-state index in [1.807, 2.05) is 0 Å². The van der Waals surface area contributed by atoms with E-state index in [4.69, 9.17) is 12.2 Å². The van der Waals surface area contributed by atoms with Crippen LogP contribution < -0.4 is 5.32 Å². The highest BCUT2D eigenvalue weighted by Gasteiger charge is 2.22. The van der Waals surface area contributed by atoms with Crippen molar-refractivity contribution in [2.75, 3.05) is 11.9 Å². The zero-order valence-corrected chi connectivity index (χ0v) is 12.4. The highest BCUT2D eigenvalue weighted by Crippen LogP contribution is 2.21. The van der Waals surface area contributed by atoms with Gasteiger partial charge in [0, 0.05) is 30.4 Å². The molecule has 0 amide bonds.